The lowest BCUT2D eigenvalue weighted by Crippen LogP contribution is -1.90. The van der Waals surface area contributed by atoms with Crippen LogP contribution in [0, 0.1) is 6.07 Å². The average Bonchev–Trinajstić information content (AvgIpc) is 2.36. The summed E-state index contributed by atoms with van der Waals surface area (Å²) < 4.78 is 1.85. The maximum atomic E-state index is 5.56. The first-order valence-electron chi connectivity index (χ1n) is 2.97. The third-order valence-corrected chi connectivity index (χ3v) is 1.38. The third kappa shape index (κ3) is 0.572. The Kier molecular flexibility index (Phi) is 0.917. The predicted octanol–water partition coefficient (Wildman–Crippen LogP) is 0.717. The van der Waals surface area contributed by atoms with Crippen molar-refractivity contribution >= 4 is 11.3 Å². The molecule has 0 spiro atoms. The number of nitrogens with two attached hydrogens (primary N) is 1. The third-order valence-electron chi connectivity index (χ3n) is 1.38. The van der Waals surface area contributed by atoms with Crippen LogP contribution in [0.15, 0.2) is 24.7 Å². The summed E-state index contributed by atoms with van der Waals surface area (Å²) in [7, 11) is 0. The molecule has 2 N–H and O–H groups in total. The molecule has 0 amide bonds. The van der Waals surface area contributed by atoms with Gasteiger partial charge >= 0.3 is 0 Å². The first-order chi connectivity index (χ1) is 4.88. The molecule has 2 aromatic heterocycles. The molecule has 0 aromatic carbocycles. The molecule has 2 rings (SSSR count). The van der Waals surface area contributed by atoms with Crippen molar-refractivity contribution in [2.24, 2.45) is 0 Å². The van der Waals surface area contributed by atoms with Gasteiger partial charge in [-0.3, -0.25) is 0 Å². The van der Waals surface area contributed by atoms with Gasteiger partial charge in [-0.2, -0.15) is 0 Å². The average molecular weight is 132 g/mol. The van der Waals surface area contributed by atoms with Crippen molar-refractivity contribution in [2.75, 3.05) is 5.73 Å². The molecule has 0 aliphatic carbocycles. The summed E-state index contributed by atoms with van der Waals surface area (Å²) in [6.07, 6.45) is 5.41. The van der Waals surface area contributed by atoms with Crippen LogP contribution in [0.2, 0.25) is 0 Å². The number of nitrogen functional groups attached to an aromatic ring is 1. The molecular weight excluding hydrogens is 126 g/mol. The Labute approximate surface area is 58.1 Å². The van der Waals surface area contributed by atoms with E-state index >= 15 is 0 Å². The fraction of sp³-hybridized carbons (Fsp3) is 0. The lowest BCUT2D eigenvalue weighted by molar-refractivity contribution is 1.19. The Balaban J connectivity index is 2.95. The first kappa shape index (κ1) is 5.29. The second-order valence-corrected chi connectivity index (χ2v) is 2.03. The summed E-state index contributed by atoms with van der Waals surface area (Å²) in [6, 6.07) is 4.62. The van der Waals surface area contributed by atoms with Gasteiger partial charge in [0.1, 0.15) is 0 Å². The van der Waals surface area contributed by atoms with E-state index in [1.807, 2.05) is 16.8 Å². The Morgan fingerprint density at radius 1 is 1.50 bits per heavy atom. The zero-order valence-electron chi connectivity index (χ0n) is 5.28. The molecule has 0 saturated carbocycles. The zero-order chi connectivity index (χ0) is 6.97. The normalized spacial score (nSPS) is 10.4. The van der Waals surface area contributed by atoms with E-state index in [0.29, 0.717) is 5.69 Å². The van der Waals surface area contributed by atoms with Crippen LogP contribution in [0.5, 0.6) is 0 Å². The lowest BCUT2D eigenvalue weighted by atomic mass is 10.4. The molecule has 1 radical (unpaired) electrons. The van der Waals surface area contributed by atoms with Crippen LogP contribution in [0.25, 0.3) is 5.65 Å². The monoisotopic (exact) mass is 132 g/mol. The van der Waals surface area contributed by atoms with E-state index in [1.165, 1.54) is 0 Å². The summed E-state index contributed by atoms with van der Waals surface area (Å²) in [5.41, 5.74) is 6.92. The standard InChI is InChI=1S/C7H6N3/c8-6-2-1-4-10-5-3-9-7(6)10/h1,3-5H,8H2. The fourth-order valence-electron chi connectivity index (χ4n) is 0.914. The summed E-state index contributed by atoms with van der Waals surface area (Å²) in [6.45, 7) is 0. The number of hydrogen-bond donors (Lipinski definition) is 1. The zero-order valence-corrected chi connectivity index (χ0v) is 5.28. The number of rotatable bonds is 0. The maximum Gasteiger partial charge on any atom is 0.160 e. The number of aromatic nitrogens is 2. The number of pyridine rings is 1. The van der Waals surface area contributed by atoms with Gasteiger partial charge in [-0.15, -0.1) is 0 Å². The molecule has 49 valence electrons. The Morgan fingerprint density at radius 2 is 2.40 bits per heavy atom. The lowest BCUT2D eigenvalue weighted by Gasteiger charge is -1.93. The van der Waals surface area contributed by atoms with E-state index in [1.54, 1.807) is 12.3 Å². The van der Waals surface area contributed by atoms with Gasteiger partial charge in [-0.1, -0.05) is 0 Å². The molecule has 3 heteroatoms. The number of fused-ring (bicyclic) bond motifs is 1. The highest BCUT2D eigenvalue weighted by Gasteiger charge is 1.94. The quantitative estimate of drug-likeness (QED) is 0.573. The predicted molar refractivity (Wildman–Crippen MR) is 38.4 cm³/mol. The van der Waals surface area contributed by atoms with Gasteiger partial charge in [0.15, 0.2) is 5.65 Å². The van der Waals surface area contributed by atoms with Gasteiger partial charge in [0.25, 0.3) is 0 Å². The van der Waals surface area contributed by atoms with Gasteiger partial charge in [-0.05, 0) is 6.07 Å². The van der Waals surface area contributed by atoms with Gasteiger partial charge in [-0.25, -0.2) is 4.98 Å². The largest absolute Gasteiger partial charge is 0.395 e. The summed E-state index contributed by atoms with van der Waals surface area (Å²) in [5, 5.41) is 0. The Hall–Kier alpha value is -1.51. The number of imidazole rings is 1. The van der Waals surface area contributed by atoms with Crippen molar-refractivity contribution < 1.29 is 0 Å². The summed E-state index contributed by atoms with van der Waals surface area (Å²) >= 11 is 0. The second kappa shape index (κ2) is 1.73. The highest BCUT2D eigenvalue weighted by molar-refractivity contribution is 5.62. The molecule has 2 heterocycles. The van der Waals surface area contributed by atoms with Crippen molar-refractivity contribution in [2.45, 2.75) is 0 Å². The SMILES string of the molecule is Nc1[c]ccn2ccnc12. The van der Waals surface area contributed by atoms with E-state index in [4.69, 9.17) is 5.73 Å². The summed E-state index contributed by atoms with van der Waals surface area (Å²) in [5.74, 6) is 0. The Bertz CT molecular complexity index is 350. The highest BCUT2D eigenvalue weighted by atomic mass is 15.0. The van der Waals surface area contributed by atoms with E-state index in [0.717, 1.165) is 5.65 Å². The smallest absolute Gasteiger partial charge is 0.160 e. The molecule has 0 atom stereocenters. The van der Waals surface area contributed by atoms with Crippen LogP contribution in [-0.2, 0) is 0 Å². The minimum Gasteiger partial charge on any atom is -0.395 e. The molecule has 0 saturated heterocycles. The molecular formula is C7H6N3. The molecule has 3 nitrogen and oxygen atoms in total. The molecule has 0 fully saturated rings. The van der Waals surface area contributed by atoms with Crippen LogP contribution in [-0.4, -0.2) is 9.38 Å². The Morgan fingerprint density at radius 3 is 3.20 bits per heavy atom. The van der Waals surface area contributed by atoms with Crippen molar-refractivity contribution in [1.82, 2.24) is 9.38 Å². The van der Waals surface area contributed by atoms with E-state index in [2.05, 4.69) is 11.1 Å². The number of hydrogen-bond acceptors (Lipinski definition) is 2. The van der Waals surface area contributed by atoms with Gasteiger partial charge in [0, 0.05) is 24.7 Å². The van der Waals surface area contributed by atoms with Crippen molar-refractivity contribution in [3.8, 4) is 0 Å². The van der Waals surface area contributed by atoms with Gasteiger partial charge in [0.2, 0.25) is 0 Å². The summed E-state index contributed by atoms with van der Waals surface area (Å²) in [4.78, 5) is 4.02. The van der Waals surface area contributed by atoms with Crippen LogP contribution < -0.4 is 5.73 Å². The molecule has 10 heavy (non-hydrogen) atoms. The first-order valence-corrected chi connectivity index (χ1v) is 2.97. The molecule has 0 unspecified atom stereocenters. The topological polar surface area (TPSA) is 43.3 Å². The van der Waals surface area contributed by atoms with Crippen LogP contribution in [0.3, 0.4) is 0 Å². The number of anilines is 1. The van der Waals surface area contributed by atoms with Crippen molar-refractivity contribution in [3.05, 3.63) is 30.7 Å². The van der Waals surface area contributed by atoms with Gasteiger partial charge < -0.3 is 10.1 Å². The van der Waals surface area contributed by atoms with Crippen LogP contribution in [0.1, 0.15) is 0 Å². The molecule has 0 bridgehead atoms. The molecule has 0 aliphatic heterocycles. The molecule has 2 aromatic rings. The minimum absolute atomic E-state index is 0.590. The van der Waals surface area contributed by atoms with E-state index < -0.39 is 0 Å². The second-order valence-electron chi connectivity index (χ2n) is 2.03. The van der Waals surface area contributed by atoms with Crippen LogP contribution in [0.4, 0.5) is 5.69 Å². The van der Waals surface area contributed by atoms with Crippen LogP contribution >= 0.6 is 0 Å². The van der Waals surface area contributed by atoms with Crippen molar-refractivity contribution in [1.29, 1.82) is 0 Å². The minimum atomic E-state index is 0.590. The number of nitrogens with zero attached hydrogens (tertiary/aromatic N) is 2. The van der Waals surface area contributed by atoms with Crippen molar-refractivity contribution in [3.63, 3.8) is 0 Å². The maximum absolute atomic E-state index is 5.56. The fourth-order valence-corrected chi connectivity index (χ4v) is 0.914. The van der Waals surface area contributed by atoms with E-state index in [-0.39, 0.29) is 0 Å². The van der Waals surface area contributed by atoms with Gasteiger partial charge in [0.05, 0.1) is 5.69 Å². The molecule has 0 aliphatic rings. The highest BCUT2D eigenvalue weighted by Crippen LogP contribution is 2.07. The van der Waals surface area contributed by atoms with E-state index in [9.17, 15) is 0 Å².